The third-order valence-electron chi connectivity index (χ3n) is 4.53. The number of rotatable bonds is 6. The molecule has 2 nitrogen and oxygen atoms in total. The normalized spacial score (nSPS) is 18.4. The van der Waals surface area contributed by atoms with Crippen LogP contribution in [0.1, 0.15) is 55.0 Å². The Kier molecular flexibility index (Phi) is 4.66. The minimum absolute atomic E-state index is 0.462. The molecule has 1 N–H and O–H groups in total. The molecule has 2 atom stereocenters. The minimum Gasteiger partial charge on any atom is -0.310 e. The van der Waals surface area contributed by atoms with Gasteiger partial charge in [0.1, 0.15) is 0 Å². The average molecular weight is 280 g/mol. The van der Waals surface area contributed by atoms with Gasteiger partial charge in [0.05, 0.1) is 0 Å². The predicted octanol–water partition coefficient (Wildman–Crippen LogP) is 4.24. The van der Waals surface area contributed by atoms with Crippen LogP contribution in [0.3, 0.4) is 0 Å². The number of hydrogen-bond acceptors (Lipinski definition) is 2. The van der Waals surface area contributed by atoms with Gasteiger partial charge in [0.2, 0.25) is 0 Å². The van der Waals surface area contributed by atoms with E-state index in [2.05, 4.69) is 59.7 Å². The Morgan fingerprint density at radius 3 is 2.86 bits per heavy atom. The maximum Gasteiger partial charge on any atom is 0.0466 e. The summed E-state index contributed by atoms with van der Waals surface area (Å²) in [4.78, 5) is 4.62. The Balaban J connectivity index is 1.66. The average Bonchev–Trinajstić information content (AvgIpc) is 2.95. The van der Waals surface area contributed by atoms with Crippen molar-refractivity contribution in [1.29, 1.82) is 0 Å². The number of hydrogen-bond donors (Lipinski definition) is 1. The second-order valence-electron chi connectivity index (χ2n) is 5.88. The molecule has 0 bridgehead atoms. The number of nitrogens with one attached hydrogen (secondary N) is 1. The highest BCUT2D eigenvalue weighted by molar-refractivity contribution is 5.28. The van der Waals surface area contributed by atoms with Crippen LogP contribution in [0.15, 0.2) is 48.7 Å². The molecule has 21 heavy (non-hydrogen) atoms. The Morgan fingerprint density at radius 1 is 1.19 bits per heavy atom. The highest BCUT2D eigenvalue weighted by atomic mass is 14.9. The molecule has 0 aliphatic heterocycles. The van der Waals surface area contributed by atoms with Crippen molar-refractivity contribution < 1.29 is 0 Å². The summed E-state index contributed by atoms with van der Waals surface area (Å²) in [5, 5.41) is 3.63. The fourth-order valence-corrected chi connectivity index (χ4v) is 3.46. The molecule has 0 saturated carbocycles. The van der Waals surface area contributed by atoms with Crippen molar-refractivity contribution >= 4 is 0 Å². The van der Waals surface area contributed by atoms with Gasteiger partial charge in [-0.2, -0.15) is 0 Å². The molecule has 1 heterocycles. The zero-order valence-corrected chi connectivity index (χ0v) is 12.8. The van der Waals surface area contributed by atoms with Crippen molar-refractivity contribution in [3.63, 3.8) is 0 Å². The summed E-state index contributed by atoms with van der Waals surface area (Å²) in [5.74, 6) is 0.645. The van der Waals surface area contributed by atoms with Crippen LogP contribution in [0.4, 0.5) is 0 Å². The first kappa shape index (κ1) is 14.3. The van der Waals surface area contributed by atoms with Gasteiger partial charge in [0.15, 0.2) is 0 Å². The molecule has 0 radical (unpaired) electrons. The molecule has 1 aromatic heterocycles. The fraction of sp³-hybridized carbons (Fsp3) is 0.421. The SMILES string of the molecule is CCNC(CCC1CCc2cccnc21)c1ccccc1. The molecule has 0 saturated heterocycles. The zero-order valence-electron chi connectivity index (χ0n) is 12.8. The van der Waals surface area contributed by atoms with E-state index >= 15 is 0 Å². The number of aryl methyl sites for hydroxylation is 1. The zero-order chi connectivity index (χ0) is 14.5. The van der Waals surface area contributed by atoms with Crippen LogP contribution in [0.5, 0.6) is 0 Å². The summed E-state index contributed by atoms with van der Waals surface area (Å²) in [6.45, 7) is 3.20. The van der Waals surface area contributed by atoms with Crippen molar-refractivity contribution in [1.82, 2.24) is 10.3 Å². The number of benzene rings is 1. The number of pyridine rings is 1. The van der Waals surface area contributed by atoms with E-state index in [4.69, 9.17) is 0 Å². The van der Waals surface area contributed by atoms with E-state index in [-0.39, 0.29) is 0 Å². The molecule has 2 heteroatoms. The molecule has 1 aromatic carbocycles. The van der Waals surface area contributed by atoms with Crippen LogP contribution in [-0.2, 0) is 6.42 Å². The lowest BCUT2D eigenvalue weighted by atomic mass is 9.94. The fourth-order valence-electron chi connectivity index (χ4n) is 3.46. The Bertz CT molecular complexity index is 565. The summed E-state index contributed by atoms with van der Waals surface area (Å²) in [5.41, 5.74) is 4.21. The number of fused-ring (bicyclic) bond motifs is 1. The first-order valence-corrected chi connectivity index (χ1v) is 8.10. The lowest BCUT2D eigenvalue weighted by molar-refractivity contribution is 0.461. The van der Waals surface area contributed by atoms with Crippen molar-refractivity contribution in [2.24, 2.45) is 0 Å². The van der Waals surface area contributed by atoms with Gasteiger partial charge in [0, 0.05) is 23.9 Å². The molecular formula is C19H24N2. The largest absolute Gasteiger partial charge is 0.310 e. The van der Waals surface area contributed by atoms with Crippen LogP contribution in [0.2, 0.25) is 0 Å². The molecule has 3 rings (SSSR count). The van der Waals surface area contributed by atoms with Crippen LogP contribution >= 0.6 is 0 Å². The molecule has 110 valence electrons. The van der Waals surface area contributed by atoms with E-state index in [9.17, 15) is 0 Å². The van der Waals surface area contributed by atoms with E-state index < -0.39 is 0 Å². The van der Waals surface area contributed by atoms with Gasteiger partial charge < -0.3 is 5.32 Å². The van der Waals surface area contributed by atoms with Gasteiger partial charge in [-0.1, -0.05) is 43.3 Å². The predicted molar refractivity (Wildman–Crippen MR) is 87.4 cm³/mol. The second-order valence-corrected chi connectivity index (χ2v) is 5.88. The highest BCUT2D eigenvalue weighted by Crippen LogP contribution is 2.36. The van der Waals surface area contributed by atoms with Crippen LogP contribution in [-0.4, -0.2) is 11.5 Å². The smallest absolute Gasteiger partial charge is 0.0466 e. The first-order valence-electron chi connectivity index (χ1n) is 8.10. The van der Waals surface area contributed by atoms with Gasteiger partial charge in [-0.15, -0.1) is 0 Å². The second kappa shape index (κ2) is 6.86. The molecule has 1 aliphatic rings. The quantitative estimate of drug-likeness (QED) is 0.856. The number of aromatic nitrogens is 1. The molecular weight excluding hydrogens is 256 g/mol. The first-order chi connectivity index (χ1) is 10.4. The summed E-state index contributed by atoms with van der Waals surface area (Å²) < 4.78 is 0. The van der Waals surface area contributed by atoms with E-state index in [1.807, 2.05) is 6.20 Å². The summed E-state index contributed by atoms with van der Waals surface area (Å²) in [7, 11) is 0. The number of nitrogens with zero attached hydrogens (tertiary/aromatic N) is 1. The monoisotopic (exact) mass is 280 g/mol. The van der Waals surface area contributed by atoms with Gasteiger partial charge >= 0.3 is 0 Å². The molecule has 0 fully saturated rings. The molecule has 2 unspecified atom stereocenters. The molecule has 0 amide bonds. The Labute approximate surface area is 127 Å². The molecule has 1 aliphatic carbocycles. The lowest BCUT2D eigenvalue weighted by Gasteiger charge is -2.20. The Hall–Kier alpha value is -1.67. The van der Waals surface area contributed by atoms with Gasteiger partial charge in [-0.05, 0) is 49.4 Å². The topological polar surface area (TPSA) is 24.9 Å². The third-order valence-corrected chi connectivity index (χ3v) is 4.53. The molecule has 2 aromatic rings. The van der Waals surface area contributed by atoms with E-state index in [1.54, 1.807) is 0 Å². The summed E-state index contributed by atoms with van der Waals surface area (Å²) in [6, 6.07) is 15.6. The third kappa shape index (κ3) is 3.33. The minimum atomic E-state index is 0.462. The summed E-state index contributed by atoms with van der Waals surface area (Å²) >= 11 is 0. The van der Waals surface area contributed by atoms with Gasteiger partial charge in [0.25, 0.3) is 0 Å². The van der Waals surface area contributed by atoms with E-state index in [0.717, 1.165) is 6.54 Å². The standard InChI is InChI=1S/C19H24N2/c1-2-20-18(15-7-4-3-5-8-15)13-12-17-11-10-16-9-6-14-21-19(16)17/h3-9,14,17-18,20H,2,10-13H2,1H3. The van der Waals surface area contributed by atoms with Crippen molar-refractivity contribution in [2.45, 2.75) is 44.6 Å². The Morgan fingerprint density at radius 2 is 2.05 bits per heavy atom. The maximum atomic E-state index is 4.62. The van der Waals surface area contributed by atoms with Crippen molar-refractivity contribution in [3.8, 4) is 0 Å². The molecule has 0 spiro atoms. The van der Waals surface area contributed by atoms with Gasteiger partial charge in [-0.25, -0.2) is 0 Å². The lowest BCUT2D eigenvalue weighted by Crippen LogP contribution is -2.21. The van der Waals surface area contributed by atoms with Crippen LogP contribution in [0, 0.1) is 0 Å². The summed E-state index contributed by atoms with van der Waals surface area (Å²) in [6.07, 6.45) is 6.80. The van der Waals surface area contributed by atoms with Crippen molar-refractivity contribution in [3.05, 3.63) is 65.5 Å². The maximum absolute atomic E-state index is 4.62. The van der Waals surface area contributed by atoms with Crippen LogP contribution < -0.4 is 5.32 Å². The van der Waals surface area contributed by atoms with E-state index in [0.29, 0.717) is 12.0 Å². The van der Waals surface area contributed by atoms with Gasteiger partial charge in [-0.3, -0.25) is 4.98 Å². The van der Waals surface area contributed by atoms with Crippen LogP contribution in [0.25, 0.3) is 0 Å². The van der Waals surface area contributed by atoms with Crippen molar-refractivity contribution in [2.75, 3.05) is 6.54 Å². The van der Waals surface area contributed by atoms with E-state index in [1.165, 1.54) is 42.5 Å². The highest BCUT2D eigenvalue weighted by Gasteiger charge is 2.24.